The third-order valence-corrected chi connectivity index (χ3v) is 3.49. The highest BCUT2D eigenvalue weighted by Gasteiger charge is 2.27. The SMILES string of the molecule is CC(C)CC(C(C)C)N1CCCCCC1=O. The minimum atomic E-state index is 0.386. The molecule has 0 radical (unpaired) electrons. The molecular formula is C14H27NO. The number of rotatable bonds is 4. The lowest BCUT2D eigenvalue weighted by atomic mass is 9.93. The van der Waals surface area contributed by atoms with Crippen LogP contribution in [0.1, 0.15) is 59.8 Å². The van der Waals surface area contributed by atoms with Crippen LogP contribution in [0.5, 0.6) is 0 Å². The van der Waals surface area contributed by atoms with Crippen molar-refractivity contribution in [2.45, 2.75) is 65.8 Å². The predicted molar refractivity (Wildman–Crippen MR) is 68.3 cm³/mol. The first-order valence-corrected chi connectivity index (χ1v) is 6.81. The molecule has 1 rings (SSSR count). The van der Waals surface area contributed by atoms with Gasteiger partial charge in [-0.1, -0.05) is 34.1 Å². The molecule has 94 valence electrons. The zero-order valence-corrected chi connectivity index (χ0v) is 11.3. The van der Waals surface area contributed by atoms with Crippen LogP contribution in [-0.4, -0.2) is 23.4 Å². The van der Waals surface area contributed by atoms with Gasteiger partial charge in [0.15, 0.2) is 0 Å². The molecule has 1 unspecified atom stereocenters. The number of likely N-dealkylation sites (tertiary alicyclic amines) is 1. The van der Waals surface area contributed by atoms with Crippen molar-refractivity contribution in [1.82, 2.24) is 4.90 Å². The second-order valence-electron chi connectivity index (χ2n) is 5.84. The Labute approximate surface area is 100 Å². The van der Waals surface area contributed by atoms with E-state index < -0.39 is 0 Å². The molecule has 0 bridgehead atoms. The first-order chi connectivity index (χ1) is 7.52. The second kappa shape index (κ2) is 6.27. The Morgan fingerprint density at radius 1 is 1.12 bits per heavy atom. The molecule has 0 N–H and O–H groups in total. The zero-order chi connectivity index (χ0) is 12.1. The van der Waals surface area contributed by atoms with Crippen LogP contribution in [0.15, 0.2) is 0 Å². The summed E-state index contributed by atoms with van der Waals surface area (Å²) in [4.78, 5) is 14.2. The van der Waals surface area contributed by atoms with Crippen molar-refractivity contribution in [2.75, 3.05) is 6.54 Å². The second-order valence-corrected chi connectivity index (χ2v) is 5.84. The Morgan fingerprint density at radius 2 is 1.81 bits per heavy atom. The van der Waals surface area contributed by atoms with Gasteiger partial charge in [-0.2, -0.15) is 0 Å². The van der Waals surface area contributed by atoms with E-state index >= 15 is 0 Å². The third-order valence-electron chi connectivity index (χ3n) is 3.49. The van der Waals surface area contributed by atoms with E-state index in [0.717, 1.165) is 25.8 Å². The van der Waals surface area contributed by atoms with Crippen LogP contribution in [0.25, 0.3) is 0 Å². The maximum absolute atomic E-state index is 12.1. The smallest absolute Gasteiger partial charge is 0.222 e. The lowest BCUT2D eigenvalue weighted by Crippen LogP contribution is -2.43. The van der Waals surface area contributed by atoms with Gasteiger partial charge >= 0.3 is 0 Å². The summed E-state index contributed by atoms with van der Waals surface area (Å²) in [6.07, 6.45) is 5.40. The average molecular weight is 225 g/mol. The van der Waals surface area contributed by atoms with Gasteiger partial charge in [0.05, 0.1) is 0 Å². The molecular weight excluding hydrogens is 198 g/mol. The molecule has 0 saturated carbocycles. The Hall–Kier alpha value is -0.530. The molecule has 1 heterocycles. The van der Waals surface area contributed by atoms with E-state index in [1.54, 1.807) is 0 Å². The van der Waals surface area contributed by atoms with E-state index in [4.69, 9.17) is 0 Å². The standard InChI is InChI=1S/C14H27NO/c1-11(2)10-13(12(3)4)15-9-7-5-6-8-14(15)16/h11-13H,5-10H2,1-4H3. The van der Waals surface area contributed by atoms with E-state index in [2.05, 4.69) is 32.6 Å². The van der Waals surface area contributed by atoms with Crippen LogP contribution < -0.4 is 0 Å². The molecule has 1 saturated heterocycles. The van der Waals surface area contributed by atoms with Gasteiger partial charge in [0.2, 0.25) is 5.91 Å². The summed E-state index contributed by atoms with van der Waals surface area (Å²) in [5, 5.41) is 0. The molecule has 16 heavy (non-hydrogen) atoms. The summed E-state index contributed by atoms with van der Waals surface area (Å²) in [6.45, 7) is 9.96. The summed E-state index contributed by atoms with van der Waals surface area (Å²) in [7, 11) is 0. The van der Waals surface area contributed by atoms with Crippen molar-refractivity contribution in [3.05, 3.63) is 0 Å². The Morgan fingerprint density at radius 3 is 2.38 bits per heavy atom. The lowest BCUT2D eigenvalue weighted by Gasteiger charge is -2.35. The van der Waals surface area contributed by atoms with Gasteiger partial charge in [-0.3, -0.25) is 4.79 Å². The van der Waals surface area contributed by atoms with Crippen molar-refractivity contribution in [3.8, 4) is 0 Å². The number of hydrogen-bond donors (Lipinski definition) is 0. The van der Waals surface area contributed by atoms with Crippen molar-refractivity contribution in [2.24, 2.45) is 11.8 Å². The molecule has 0 spiro atoms. The number of amides is 1. The molecule has 0 aromatic rings. The normalized spacial score (nSPS) is 20.4. The molecule has 1 aliphatic heterocycles. The fraction of sp³-hybridized carbons (Fsp3) is 0.929. The first-order valence-electron chi connectivity index (χ1n) is 6.81. The fourth-order valence-electron chi connectivity index (χ4n) is 2.60. The Kier molecular flexibility index (Phi) is 5.30. The highest BCUT2D eigenvalue weighted by molar-refractivity contribution is 5.76. The largest absolute Gasteiger partial charge is 0.339 e. The molecule has 1 fully saturated rings. The van der Waals surface area contributed by atoms with Gasteiger partial charge in [-0.15, -0.1) is 0 Å². The average Bonchev–Trinajstić information content (AvgIpc) is 2.39. The summed E-state index contributed by atoms with van der Waals surface area (Å²) in [5.41, 5.74) is 0. The van der Waals surface area contributed by atoms with Gasteiger partial charge in [-0.05, 0) is 31.1 Å². The first kappa shape index (κ1) is 13.5. The van der Waals surface area contributed by atoms with Gasteiger partial charge in [-0.25, -0.2) is 0 Å². The number of nitrogens with zero attached hydrogens (tertiary/aromatic N) is 1. The summed E-state index contributed by atoms with van der Waals surface area (Å²) < 4.78 is 0. The molecule has 2 heteroatoms. The predicted octanol–water partition coefficient (Wildman–Crippen LogP) is 3.46. The number of hydrogen-bond acceptors (Lipinski definition) is 1. The molecule has 0 aromatic heterocycles. The van der Waals surface area contributed by atoms with Crippen molar-refractivity contribution in [1.29, 1.82) is 0 Å². The van der Waals surface area contributed by atoms with Gasteiger partial charge in [0, 0.05) is 19.0 Å². The fourth-order valence-corrected chi connectivity index (χ4v) is 2.60. The maximum Gasteiger partial charge on any atom is 0.222 e. The number of carbonyl (C=O) groups excluding carboxylic acids is 1. The van der Waals surface area contributed by atoms with E-state index in [1.807, 2.05) is 0 Å². The molecule has 0 aromatic carbocycles. The third kappa shape index (κ3) is 3.80. The monoisotopic (exact) mass is 225 g/mol. The van der Waals surface area contributed by atoms with Crippen LogP contribution in [-0.2, 0) is 4.79 Å². The maximum atomic E-state index is 12.1. The summed E-state index contributed by atoms with van der Waals surface area (Å²) >= 11 is 0. The molecule has 0 aliphatic carbocycles. The highest BCUT2D eigenvalue weighted by Crippen LogP contribution is 2.23. The Bertz CT molecular complexity index is 223. The van der Waals surface area contributed by atoms with Gasteiger partial charge in [0.1, 0.15) is 0 Å². The molecule has 2 nitrogen and oxygen atoms in total. The highest BCUT2D eigenvalue weighted by atomic mass is 16.2. The summed E-state index contributed by atoms with van der Waals surface area (Å²) in [5.74, 6) is 1.63. The van der Waals surface area contributed by atoms with E-state index in [0.29, 0.717) is 23.8 Å². The molecule has 1 amide bonds. The zero-order valence-electron chi connectivity index (χ0n) is 11.3. The van der Waals surface area contributed by atoms with Crippen molar-refractivity contribution >= 4 is 5.91 Å². The minimum absolute atomic E-state index is 0.386. The van der Waals surface area contributed by atoms with Crippen molar-refractivity contribution < 1.29 is 4.79 Å². The van der Waals surface area contributed by atoms with Crippen molar-refractivity contribution in [3.63, 3.8) is 0 Å². The quantitative estimate of drug-likeness (QED) is 0.717. The van der Waals surface area contributed by atoms with E-state index in [9.17, 15) is 4.79 Å². The van der Waals surface area contributed by atoms with Crippen LogP contribution in [0, 0.1) is 11.8 Å². The van der Waals surface area contributed by atoms with Gasteiger partial charge < -0.3 is 4.90 Å². The summed E-state index contributed by atoms with van der Waals surface area (Å²) in [6, 6.07) is 0.450. The van der Waals surface area contributed by atoms with Crippen LogP contribution in [0.2, 0.25) is 0 Å². The van der Waals surface area contributed by atoms with Crippen LogP contribution in [0.4, 0.5) is 0 Å². The van der Waals surface area contributed by atoms with Crippen LogP contribution >= 0.6 is 0 Å². The topological polar surface area (TPSA) is 20.3 Å². The molecule has 1 atom stereocenters. The van der Waals surface area contributed by atoms with Gasteiger partial charge in [0.25, 0.3) is 0 Å². The van der Waals surface area contributed by atoms with E-state index in [-0.39, 0.29) is 0 Å². The van der Waals surface area contributed by atoms with Crippen LogP contribution in [0.3, 0.4) is 0 Å². The molecule has 1 aliphatic rings. The van der Waals surface area contributed by atoms with E-state index in [1.165, 1.54) is 12.8 Å². The number of carbonyl (C=O) groups is 1. The lowest BCUT2D eigenvalue weighted by molar-refractivity contribution is -0.134. The Balaban J connectivity index is 2.70. The minimum Gasteiger partial charge on any atom is -0.339 e.